The maximum absolute atomic E-state index is 4.40. The number of nitrogens with one attached hydrogen (secondary N) is 2. The van der Waals surface area contributed by atoms with Gasteiger partial charge in [0.25, 0.3) is 0 Å². The Hall–Kier alpha value is -1.68. The van der Waals surface area contributed by atoms with E-state index in [1.165, 1.54) is 0 Å². The molecule has 2 aromatic heterocycles. The van der Waals surface area contributed by atoms with Gasteiger partial charge in [0.15, 0.2) is 0 Å². The molecule has 0 atom stereocenters. The fourth-order valence-electron chi connectivity index (χ4n) is 1.44. The summed E-state index contributed by atoms with van der Waals surface area (Å²) in [6.07, 6.45) is 5.40. The first-order valence-corrected chi connectivity index (χ1v) is 5.28. The number of aromatic nitrogens is 3. The fourth-order valence-corrected chi connectivity index (χ4v) is 1.44. The van der Waals surface area contributed by atoms with Crippen molar-refractivity contribution in [3.05, 3.63) is 36.5 Å². The highest BCUT2D eigenvalue weighted by Gasteiger charge is 2.21. The van der Waals surface area contributed by atoms with Gasteiger partial charge in [-0.3, -0.25) is 4.98 Å². The summed E-state index contributed by atoms with van der Waals surface area (Å²) in [5.74, 6) is 0.932. The lowest BCUT2D eigenvalue weighted by Gasteiger charge is -2.20. The van der Waals surface area contributed by atoms with E-state index in [0.717, 1.165) is 17.1 Å². The third-order valence-corrected chi connectivity index (χ3v) is 2.78. The Balaban J connectivity index is 2.34. The second kappa shape index (κ2) is 4.06. The van der Waals surface area contributed by atoms with E-state index in [1.54, 1.807) is 12.4 Å². The summed E-state index contributed by atoms with van der Waals surface area (Å²) in [6.45, 7) is 4.17. The molecule has 84 valence electrons. The number of aromatic amines is 1. The highest BCUT2D eigenvalue weighted by molar-refractivity contribution is 5.57. The van der Waals surface area contributed by atoms with Gasteiger partial charge in [-0.05, 0) is 33.0 Å². The Morgan fingerprint density at radius 1 is 1.25 bits per heavy atom. The summed E-state index contributed by atoms with van der Waals surface area (Å²) >= 11 is 0. The highest BCUT2D eigenvalue weighted by atomic mass is 15.0. The minimum atomic E-state index is -0.148. The summed E-state index contributed by atoms with van der Waals surface area (Å²) in [5.41, 5.74) is 1.96. The molecule has 0 bridgehead atoms. The van der Waals surface area contributed by atoms with Gasteiger partial charge in [-0.15, -0.1) is 0 Å². The van der Waals surface area contributed by atoms with Crippen molar-refractivity contribution in [2.45, 2.75) is 19.4 Å². The number of imidazole rings is 1. The zero-order valence-electron chi connectivity index (χ0n) is 9.78. The minimum absolute atomic E-state index is 0.148. The molecule has 0 amide bonds. The van der Waals surface area contributed by atoms with Crippen LogP contribution < -0.4 is 5.32 Å². The molecular weight excluding hydrogens is 200 g/mol. The summed E-state index contributed by atoms with van der Waals surface area (Å²) in [6, 6.07) is 3.92. The first kappa shape index (κ1) is 10.8. The van der Waals surface area contributed by atoms with E-state index in [-0.39, 0.29) is 5.54 Å². The molecular formula is C12H16N4. The lowest BCUT2D eigenvalue weighted by Crippen LogP contribution is -2.34. The maximum Gasteiger partial charge on any atom is 0.126 e. The van der Waals surface area contributed by atoms with Crippen molar-refractivity contribution in [3.63, 3.8) is 0 Å². The molecule has 0 aliphatic heterocycles. The van der Waals surface area contributed by atoms with Crippen molar-refractivity contribution < 1.29 is 0 Å². The number of nitrogens with zero attached hydrogens (tertiary/aromatic N) is 2. The molecule has 4 nitrogen and oxygen atoms in total. The monoisotopic (exact) mass is 216 g/mol. The Kier molecular flexibility index (Phi) is 2.75. The molecule has 4 heteroatoms. The summed E-state index contributed by atoms with van der Waals surface area (Å²) < 4.78 is 0. The maximum atomic E-state index is 4.40. The van der Waals surface area contributed by atoms with Crippen molar-refractivity contribution in [3.8, 4) is 11.3 Å². The number of pyridine rings is 1. The van der Waals surface area contributed by atoms with Crippen LogP contribution in [-0.4, -0.2) is 22.0 Å². The van der Waals surface area contributed by atoms with E-state index in [9.17, 15) is 0 Å². The summed E-state index contributed by atoms with van der Waals surface area (Å²) in [4.78, 5) is 11.7. The molecule has 0 aliphatic rings. The van der Waals surface area contributed by atoms with E-state index < -0.39 is 0 Å². The Morgan fingerprint density at radius 2 is 1.94 bits per heavy atom. The minimum Gasteiger partial charge on any atom is -0.340 e. The molecule has 2 aromatic rings. The average molecular weight is 216 g/mol. The largest absolute Gasteiger partial charge is 0.340 e. The molecule has 2 rings (SSSR count). The molecule has 0 aromatic carbocycles. The van der Waals surface area contributed by atoms with Crippen molar-refractivity contribution >= 4 is 0 Å². The quantitative estimate of drug-likeness (QED) is 0.824. The van der Waals surface area contributed by atoms with Gasteiger partial charge < -0.3 is 10.3 Å². The van der Waals surface area contributed by atoms with E-state index >= 15 is 0 Å². The SMILES string of the molecule is CNC(C)(C)c1ncc(-c2ccncc2)[nH]1. The average Bonchev–Trinajstić information content (AvgIpc) is 2.80. The van der Waals surface area contributed by atoms with Crippen LogP contribution in [0.25, 0.3) is 11.3 Å². The number of rotatable bonds is 3. The number of H-pyrrole nitrogens is 1. The van der Waals surface area contributed by atoms with Gasteiger partial charge >= 0.3 is 0 Å². The molecule has 0 saturated heterocycles. The van der Waals surface area contributed by atoms with Crippen LogP contribution in [0.15, 0.2) is 30.7 Å². The van der Waals surface area contributed by atoms with Gasteiger partial charge in [0.2, 0.25) is 0 Å². The normalized spacial score (nSPS) is 11.7. The van der Waals surface area contributed by atoms with Crippen molar-refractivity contribution in [2.24, 2.45) is 0 Å². The molecule has 16 heavy (non-hydrogen) atoms. The zero-order chi connectivity index (χ0) is 11.6. The second-order valence-corrected chi connectivity index (χ2v) is 4.26. The van der Waals surface area contributed by atoms with Crippen LogP contribution in [0.2, 0.25) is 0 Å². The molecule has 0 aliphatic carbocycles. The molecule has 2 N–H and O–H groups in total. The first-order chi connectivity index (χ1) is 7.63. The highest BCUT2D eigenvalue weighted by Crippen LogP contribution is 2.21. The zero-order valence-corrected chi connectivity index (χ0v) is 9.78. The van der Waals surface area contributed by atoms with Gasteiger partial charge in [0, 0.05) is 18.0 Å². The predicted octanol–water partition coefficient (Wildman–Crippen LogP) is 1.93. The van der Waals surface area contributed by atoms with Crippen LogP contribution in [0.3, 0.4) is 0 Å². The van der Waals surface area contributed by atoms with Crippen LogP contribution in [0.1, 0.15) is 19.7 Å². The molecule has 0 fully saturated rings. The van der Waals surface area contributed by atoms with Crippen LogP contribution in [-0.2, 0) is 5.54 Å². The van der Waals surface area contributed by atoms with Gasteiger partial charge in [-0.25, -0.2) is 4.98 Å². The van der Waals surface area contributed by atoms with Gasteiger partial charge in [-0.1, -0.05) is 0 Å². The lowest BCUT2D eigenvalue weighted by atomic mass is 10.1. The Labute approximate surface area is 95.1 Å². The predicted molar refractivity (Wildman–Crippen MR) is 63.9 cm³/mol. The smallest absolute Gasteiger partial charge is 0.126 e. The number of hydrogen-bond acceptors (Lipinski definition) is 3. The van der Waals surface area contributed by atoms with E-state index in [1.807, 2.05) is 25.4 Å². The molecule has 0 saturated carbocycles. The van der Waals surface area contributed by atoms with Crippen molar-refractivity contribution in [1.29, 1.82) is 0 Å². The van der Waals surface area contributed by atoms with E-state index in [4.69, 9.17) is 0 Å². The molecule has 0 unspecified atom stereocenters. The van der Waals surface area contributed by atoms with Crippen LogP contribution in [0, 0.1) is 0 Å². The van der Waals surface area contributed by atoms with E-state index in [0.29, 0.717) is 0 Å². The second-order valence-electron chi connectivity index (χ2n) is 4.26. The van der Waals surface area contributed by atoms with E-state index in [2.05, 4.69) is 34.1 Å². The van der Waals surface area contributed by atoms with Gasteiger partial charge in [0.1, 0.15) is 5.82 Å². The first-order valence-electron chi connectivity index (χ1n) is 5.28. The lowest BCUT2D eigenvalue weighted by molar-refractivity contribution is 0.421. The van der Waals surface area contributed by atoms with Crippen molar-refractivity contribution in [2.75, 3.05) is 7.05 Å². The fraction of sp³-hybridized carbons (Fsp3) is 0.333. The molecule has 0 spiro atoms. The van der Waals surface area contributed by atoms with Crippen molar-refractivity contribution in [1.82, 2.24) is 20.3 Å². The summed E-state index contributed by atoms with van der Waals surface area (Å²) in [5, 5.41) is 3.22. The van der Waals surface area contributed by atoms with Gasteiger partial charge in [0.05, 0.1) is 17.4 Å². The van der Waals surface area contributed by atoms with Crippen LogP contribution in [0.4, 0.5) is 0 Å². The third-order valence-electron chi connectivity index (χ3n) is 2.78. The third kappa shape index (κ3) is 1.97. The Morgan fingerprint density at radius 3 is 2.56 bits per heavy atom. The topological polar surface area (TPSA) is 53.6 Å². The Bertz CT molecular complexity index is 459. The summed E-state index contributed by atoms with van der Waals surface area (Å²) in [7, 11) is 1.93. The molecule has 0 radical (unpaired) electrons. The number of hydrogen-bond donors (Lipinski definition) is 2. The van der Waals surface area contributed by atoms with Gasteiger partial charge in [-0.2, -0.15) is 0 Å². The van der Waals surface area contributed by atoms with Crippen LogP contribution >= 0.6 is 0 Å². The molecule has 2 heterocycles. The standard InChI is InChI=1S/C12H16N4/c1-12(2,13-3)11-15-8-10(16-11)9-4-6-14-7-5-9/h4-8,13H,1-3H3,(H,15,16). The van der Waals surface area contributed by atoms with Crippen LogP contribution in [0.5, 0.6) is 0 Å².